The van der Waals surface area contributed by atoms with E-state index in [2.05, 4.69) is 9.88 Å². The van der Waals surface area contributed by atoms with Gasteiger partial charge in [0.2, 0.25) is 0 Å². The Hall–Kier alpha value is -0.970. The number of hydrogen-bond acceptors (Lipinski definition) is 4. The van der Waals surface area contributed by atoms with E-state index in [1.807, 2.05) is 24.4 Å². The van der Waals surface area contributed by atoms with Crippen molar-refractivity contribution >= 4 is 0 Å². The first kappa shape index (κ1) is 15.6. The van der Waals surface area contributed by atoms with Crippen molar-refractivity contribution in [3.8, 4) is 0 Å². The van der Waals surface area contributed by atoms with E-state index in [1.54, 1.807) is 0 Å². The van der Waals surface area contributed by atoms with Gasteiger partial charge in [0.1, 0.15) is 6.10 Å². The standard InChI is InChI=1S/C19H28N2O2/c1-2-7-15(6-1)12-21-13-18(19-17(21)9-5-11-22-19)23-14-16-8-3-4-10-20-16/h3-4,8,10,15,17-19H,1-2,5-7,9,11-14H2/t17-,18+,19+/m1/s1. The average Bonchev–Trinajstić information content (AvgIpc) is 3.23. The average molecular weight is 316 g/mol. The Kier molecular flexibility index (Phi) is 4.93. The Morgan fingerprint density at radius 1 is 1.17 bits per heavy atom. The topological polar surface area (TPSA) is 34.6 Å². The zero-order valence-electron chi connectivity index (χ0n) is 13.9. The largest absolute Gasteiger partial charge is 0.374 e. The van der Waals surface area contributed by atoms with Crippen LogP contribution in [0.5, 0.6) is 0 Å². The van der Waals surface area contributed by atoms with Gasteiger partial charge in [-0.3, -0.25) is 9.88 Å². The summed E-state index contributed by atoms with van der Waals surface area (Å²) in [7, 11) is 0. The summed E-state index contributed by atoms with van der Waals surface area (Å²) in [4.78, 5) is 7.04. The zero-order chi connectivity index (χ0) is 15.5. The van der Waals surface area contributed by atoms with E-state index < -0.39 is 0 Å². The van der Waals surface area contributed by atoms with Gasteiger partial charge in [-0.1, -0.05) is 18.9 Å². The summed E-state index contributed by atoms with van der Waals surface area (Å²) in [5.74, 6) is 0.895. The smallest absolute Gasteiger partial charge is 0.100 e. The lowest BCUT2D eigenvalue weighted by Gasteiger charge is -2.33. The number of hydrogen-bond donors (Lipinski definition) is 0. The molecule has 2 saturated heterocycles. The van der Waals surface area contributed by atoms with Gasteiger partial charge in [0.25, 0.3) is 0 Å². The molecule has 126 valence electrons. The normalized spacial score (nSPS) is 32.3. The van der Waals surface area contributed by atoms with Gasteiger partial charge in [-0.15, -0.1) is 0 Å². The van der Waals surface area contributed by atoms with E-state index in [1.165, 1.54) is 45.1 Å². The first-order chi connectivity index (χ1) is 11.4. The number of ether oxygens (including phenoxy) is 2. The van der Waals surface area contributed by atoms with Crippen molar-refractivity contribution in [2.45, 2.75) is 63.4 Å². The lowest BCUT2D eigenvalue weighted by atomic mass is 10.0. The molecule has 3 aliphatic rings. The van der Waals surface area contributed by atoms with Gasteiger partial charge in [0.05, 0.1) is 18.4 Å². The molecule has 3 atom stereocenters. The second kappa shape index (κ2) is 7.29. The second-order valence-electron chi connectivity index (χ2n) is 7.32. The van der Waals surface area contributed by atoms with Crippen LogP contribution in [-0.4, -0.2) is 47.8 Å². The molecular weight excluding hydrogens is 288 g/mol. The summed E-state index contributed by atoms with van der Waals surface area (Å²) >= 11 is 0. The van der Waals surface area contributed by atoms with Crippen LogP contribution in [0.1, 0.15) is 44.2 Å². The fourth-order valence-corrected chi connectivity index (χ4v) is 4.56. The molecule has 4 heteroatoms. The Bertz CT molecular complexity index is 489. The molecule has 0 amide bonds. The second-order valence-corrected chi connectivity index (χ2v) is 7.32. The molecule has 0 spiro atoms. The van der Waals surface area contributed by atoms with Gasteiger partial charge in [-0.25, -0.2) is 0 Å². The van der Waals surface area contributed by atoms with Gasteiger partial charge in [0, 0.05) is 31.9 Å². The minimum absolute atomic E-state index is 0.198. The van der Waals surface area contributed by atoms with Crippen molar-refractivity contribution in [2.75, 3.05) is 19.7 Å². The maximum atomic E-state index is 6.22. The number of aromatic nitrogens is 1. The van der Waals surface area contributed by atoms with Crippen molar-refractivity contribution < 1.29 is 9.47 Å². The molecule has 2 aliphatic heterocycles. The first-order valence-electron chi connectivity index (χ1n) is 9.27. The lowest BCUT2D eigenvalue weighted by molar-refractivity contribution is -0.0824. The summed E-state index contributed by atoms with van der Waals surface area (Å²) in [6.45, 7) is 3.75. The third-order valence-electron chi connectivity index (χ3n) is 5.72. The van der Waals surface area contributed by atoms with Gasteiger partial charge in [0.15, 0.2) is 0 Å². The van der Waals surface area contributed by atoms with Crippen LogP contribution >= 0.6 is 0 Å². The first-order valence-corrected chi connectivity index (χ1v) is 9.27. The molecule has 0 bridgehead atoms. The molecule has 23 heavy (non-hydrogen) atoms. The number of nitrogens with zero attached hydrogens (tertiary/aromatic N) is 2. The van der Waals surface area contributed by atoms with Crippen LogP contribution in [0.2, 0.25) is 0 Å². The van der Waals surface area contributed by atoms with Crippen molar-refractivity contribution in [1.82, 2.24) is 9.88 Å². The Balaban J connectivity index is 1.38. The summed E-state index contributed by atoms with van der Waals surface area (Å²) in [6.07, 6.45) is 10.4. The quantitative estimate of drug-likeness (QED) is 0.836. The van der Waals surface area contributed by atoms with Gasteiger partial charge >= 0.3 is 0 Å². The maximum Gasteiger partial charge on any atom is 0.100 e. The van der Waals surface area contributed by atoms with E-state index >= 15 is 0 Å². The predicted octanol–water partition coefficient (Wildman–Crippen LogP) is 3.02. The van der Waals surface area contributed by atoms with Gasteiger partial charge in [-0.2, -0.15) is 0 Å². The molecule has 1 aliphatic carbocycles. The number of pyridine rings is 1. The highest BCUT2D eigenvalue weighted by molar-refractivity contribution is 5.03. The molecule has 3 heterocycles. The van der Waals surface area contributed by atoms with Crippen LogP contribution < -0.4 is 0 Å². The number of fused-ring (bicyclic) bond motifs is 1. The van der Waals surface area contributed by atoms with Gasteiger partial charge in [-0.05, 0) is 43.7 Å². The number of rotatable bonds is 5. The van der Waals surface area contributed by atoms with Crippen LogP contribution in [0.25, 0.3) is 0 Å². The highest BCUT2D eigenvalue weighted by Crippen LogP contribution is 2.34. The molecule has 4 nitrogen and oxygen atoms in total. The molecule has 0 radical (unpaired) electrons. The summed E-state index contributed by atoms with van der Waals surface area (Å²) in [5, 5.41) is 0. The molecule has 0 N–H and O–H groups in total. The molecule has 0 unspecified atom stereocenters. The molecule has 0 aromatic carbocycles. The van der Waals surface area contributed by atoms with Crippen LogP contribution in [0, 0.1) is 5.92 Å². The van der Waals surface area contributed by atoms with Crippen LogP contribution in [0.3, 0.4) is 0 Å². The number of likely N-dealkylation sites (tertiary alicyclic amines) is 1. The zero-order valence-corrected chi connectivity index (χ0v) is 13.9. The monoisotopic (exact) mass is 316 g/mol. The minimum Gasteiger partial charge on any atom is -0.374 e. The molecule has 3 fully saturated rings. The summed E-state index contributed by atoms with van der Waals surface area (Å²) < 4.78 is 12.3. The van der Waals surface area contributed by atoms with Crippen molar-refractivity contribution in [2.24, 2.45) is 5.92 Å². The van der Waals surface area contributed by atoms with Crippen LogP contribution in [0.4, 0.5) is 0 Å². The summed E-state index contributed by atoms with van der Waals surface area (Å²) in [6, 6.07) is 6.57. The van der Waals surface area contributed by atoms with Crippen LogP contribution in [0.15, 0.2) is 24.4 Å². The fraction of sp³-hybridized carbons (Fsp3) is 0.737. The lowest BCUT2D eigenvalue weighted by Crippen LogP contribution is -2.42. The van der Waals surface area contributed by atoms with Gasteiger partial charge < -0.3 is 9.47 Å². The van der Waals surface area contributed by atoms with E-state index in [-0.39, 0.29) is 12.2 Å². The van der Waals surface area contributed by atoms with Crippen LogP contribution in [-0.2, 0) is 16.1 Å². The van der Waals surface area contributed by atoms with E-state index in [0.29, 0.717) is 12.6 Å². The summed E-state index contributed by atoms with van der Waals surface area (Å²) in [5.41, 5.74) is 1.01. The van der Waals surface area contributed by atoms with Crippen molar-refractivity contribution in [3.05, 3.63) is 30.1 Å². The van der Waals surface area contributed by atoms with E-state index in [0.717, 1.165) is 24.8 Å². The molecule has 1 aromatic heterocycles. The third kappa shape index (κ3) is 3.59. The SMILES string of the molecule is c1ccc(CO[C@H]2CN(CC3CCCC3)[C@@H]3CCCO[C@H]23)nc1. The maximum absolute atomic E-state index is 6.22. The molecular formula is C19H28N2O2. The predicted molar refractivity (Wildman–Crippen MR) is 89.1 cm³/mol. The molecule has 1 saturated carbocycles. The Morgan fingerprint density at radius 3 is 2.91 bits per heavy atom. The minimum atomic E-state index is 0.198. The molecule has 1 aromatic rings. The molecule has 4 rings (SSSR count). The fourth-order valence-electron chi connectivity index (χ4n) is 4.56. The van der Waals surface area contributed by atoms with E-state index in [4.69, 9.17) is 9.47 Å². The van der Waals surface area contributed by atoms with E-state index in [9.17, 15) is 0 Å². The highest BCUT2D eigenvalue weighted by atomic mass is 16.5. The van der Waals surface area contributed by atoms with Crippen molar-refractivity contribution in [1.29, 1.82) is 0 Å². The Labute approximate surface area is 139 Å². The van der Waals surface area contributed by atoms with Crippen molar-refractivity contribution in [3.63, 3.8) is 0 Å². The highest BCUT2D eigenvalue weighted by Gasteiger charge is 2.45. The third-order valence-corrected chi connectivity index (χ3v) is 5.72. The Morgan fingerprint density at radius 2 is 2.09 bits per heavy atom.